The van der Waals surface area contributed by atoms with E-state index < -0.39 is 23.8 Å². The van der Waals surface area contributed by atoms with Gasteiger partial charge < -0.3 is 19.9 Å². The van der Waals surface area contributed by atoms with Crippen molar-refractivity contribution in [3.63, 3.8) is 0 Å². The standard InChI is InChI=1S/C14H23NO5/c1-13(2)7-10(14(3,4)20-13)15-11(16)8-5-6-9(19-8)12(17)18/h8-10H,5-7H2,1-4H3,(H,15,16)(H,17,18)/t8-,9+,10?/m0/s1. The van der Waals surface area contributed by atoms with E-state index in [0.29, 0.717) is 12.8 Å². The largest absolute Gasteiger partial charge is 0.479 e. The molecule has 20 heavy (non-hydrogen) atoms. The van der Waals surface area contributed by atoms with Crippen molar-refractivity contribution in [1.82, 2.24) is 5.32 Å². The van der Waals surface area contributed by atoms with Gasteiger partial charge in [-0.2, -0.15) is 0 Å². The number of aliphatic carboxylic acids is 1. The molecule has 0 saturated carbocycles. The second-order valence-corrected chi connectivity index (χ2v) is 6.76. The normalized spacial score (nSPS) is 34.9. The lowest BCUT2D eigenvalue weighted by molar-refractivity contribution is -0.152. The van der Waals surface area contributed by atoms with Crippen molar-refractivity contribution in [2.75, 3.05) is 0 Å². The number of carbonyl (C=O) groups excluding carboxylic acids is 1. The Balaban J connectivity index is 1.94. The molecule has 2 saturated heterocycles. The zero-order chi connectivity index (χ0) is 15.1. The summed E-state index contributed by atoms with van der Waals surface area (Å²) in [5.41, 5.74) is -0.717. The predicted octanol–water partition coefficient (Wildman–Crippen LogP) is 1.08. The zero-order valence-corrected chi connectivity index (χ0v) is 12.4. The van der Waals surface area contributed by atoms with Crippen molar-refractivity contribution >= 4 is 11.9 Å². The molecule has 2 N–H and O–H groups in total. The van der Waals surface area contributed by atoms with E-state index in [1.54, 1.807) is 0 Å². The zero-order valence-electron chi connectivity index (χ0n) is 12.4. The van der Waals surface area contributed by atoms with Crippen molar-refractivity contribution in [3.05, 3.63) is 0 Å². The monoisotopic (exact) mass is 285 g/mol. The molecule has 2 fully saturated rings. The van der Waals surface area contributed by atoms with E-state index in [-0.39, 0.29) is 17.6 Å². The number of hydrogen-bond donors (Lipinski definition) is 2. The molecule has 3 atom stereocenters. The average molecular weight is 285 g/mol. The molecule has 6 heteroatoms. The molecule has 1 amide bonds. The van der Waals surface area contributed by atoms with Gasteiger partial charge in [-0.05, 0) is 47.0 Å². The van der Waals surface area contributed by atoms with Crippen LogP contribution >= 0.6 is 0 Å². The number of rotatable bonds is 3. The number of carboxylic acid groups (broad SMARTS) is 1. The van der Waals surface area contributed by atoms with Gasteiger partial charge in [0.15, 0.2) is 6.10 Å². The number of carbonyl (C=O) groups is 2. The lowest BCUT2D eigenvalue weighted by Gasteiger charge is -2.28. The van der Waals surface area contributed by atoms with Crippen LogP contribution < -0.4 is 5.32 Å². The molecule has 0 bridgehead atoms. The van der Waals surface area contributed by atoms with E-state index in [1.807, 2.05) is 27.7 Å². The summed E-state index contributed by atoms with van der Waals surface area (Å²) in [5, 5.41) is 11.8. The fourth-order valence-corrected chi connectivity index (χ4v) is 3.06. The van der Waals surface area contributed by atoms with E-state index in [9.17, 15) is 9.59 Å². The Bertz CT molecular complexity index is 418. The molecular formula is C14H23NO5. The van der Waals surface area contributed by atoms with Gasteiger partial charge >= 0.3 is 5.97 Å². The molecule has 0 aliphatic carbocycles. The summed E-state index contributed by atoms with van der Waals surface area (Å²) >= 11 is 0. The Labute approximate surface area is 118 Å². The lowest BCUT2D eigenvalue weighted by atomic mass is 9.94. The molecular weight excluding hydrogens is 262 g/mol. The maximum absolute atomic E-state index is 12.2. The summed E-state index contributed by atoms with van der Waals surface area (Å²) < 4.78 is 11.2. The summed E-state index contributed by atoms with van der Waals surface area (Å²) in [4.78, 5) is 23.0. The average Bonchev–Trinajstić information content (AvgIpc) is 2.81. The molecule has 0 aromatic heterocycles. The molecule has 2 rings (SSSR count). The minimum atomic E-state index is -1.01. The molecule has 0 spiro atoms. The van der Waals surface area contributed by atoms with Crippen molar-refractivity contribution in [2.24, 2.45) is 0 Å². The van der Waals surface area contributed by atoms with E-state index in [2.05, 4.69) is 5.32 Å². The van der Waals surface area contributed by atoms with Crippen LogP contribution in [0, 0.1) is 0 Å². The highest BCUT2D eigenvalue weighted by Gasteiger charge is 2.47. The molecule has 0 aromatic rings. The molecule has 2 heterocycles. The quantitative estimate of drug-likeness (QED) is 0.810. The summed E-state index contributed by atoms with van der Waals surface area (Å²) in [7, 11) is 0. The Morgan fingerprint density at radius 1 is 1.15 bits per heavy atom. The fourth-order valence-electron chi connectivity index (χ4n) is 3.06. The van der Waals surface area contributed by atoms with Crippen molar-refractivity contribution in [2.45, 2.75) is 76.4 Å². The summed E-state index contributed by atoms with van der Waals surface area (Å²) in [6.45, 7) is 7.88. The highest BCUT2D eigenvalue weighted by Crippen LogP contribution is 2.37. The van der Waals surface area contributed by atoms with Crippen LogP contribution in [0.2, 0.25) is 0 Å². The van der Waals surface area contributed by atoms with E-state index in [0.717, 1.165) is 6.42 Å². The number of amides is 1. The Kier molecular flexibility index (Phi) is 3.81. The molecule has 6 nitrogen and oxygen atoms in total. The van der Waals surface area contributed by atoms with Crippen LogP contribution in [0.15, 0.2) is 0 Å². The number of hydrogen-bond acceptors (Lipinski definition) is 4. The smallest absolute Gasteiger partial charge is 0.332 e. The number of nitrogens with one attached hydrogen (secondary N) is 1. The van der Waals surface area contributed by atoms with Gasteiger partial charge in [-0.3, -0.25) is 4.79 Å². The third-order valence-electron chi connectivity index (χ3n) is 3.98. The minimum absolute atomic E-state index is 0.0996. The van der Waals surface area contributed by atoms with E-state index in [4.69, 9.17) is 14.6 Å². The van der Waals surface area contributed by atoms with Crippen LogP contribution in [-0.2, 0) is 19.1 Å². The predicted molar refractivity (Wildman–Crippen MR) is 71.3 cm³/mol. The van der Waals surface area contributed by atoms with Crippen LogP contribution in [-0.4, -0.2) is 46.4 Å². The van der Waals surface area contributed by atoms with Gasteiger partial charge in [0.1, 0.15) is 6.10 Å². The fraction of sp³-hybridized carbons (Fsp3) is 0.857. The maximum Gasteiger partial charge on any atom is 0.332 e. The first-order chi connectivity index (χ1) is 9.11. The molecule has 0 aromatic carbocycles. The molecule has 2 aliphatic heterocycles. The SMILES string of the molecule is CC1(C)CC(NC(=O)[C@@H]2CC[C@H](C(=O)O)O2)C(C)(C)O1. The molecule has 0 radical (unpaired) electrons. The number of carboxylic acids is 1. The van der Waals surface area contributed by atoms with Crippen molar-refractivity contribution in [3.8, 4) is 0 Å². The second-order valence-electron chi connectivity index (χ2n) is 6.76. The van der Waals surface area contributed by atoms with Gasteiger partial charge in [-0.1, -0.05) is 0 Å². The van der Waals surface area contributed by atoms with Gasteiger partial charge in [-0.25, -0.2) is 4.79 Å². The molecule has 114 valence electrons. The first-order valence-electron chi connectivity index (χ1n) is 6.99. The number of ether oxygens (including phenoxy) is 2. The van der Waals surface area contributed by atoms with Crippen molar-refractivity contribution in [1.29, 1.82) is 0 Å². The minimum Gasteiger partial charge on any atom is -0.479 e. The molecule has 2 aliphatic rings. The second kappa shape index (κ2) is 5.00. The van der Waals surface area contributed by atoms with E-state index in [1.165, 1.54) is 0 Å². The highest BCUT2D eigenvalue weighted by molar-refractivity contribution is 5.83. The topological polar surface area (TPSA) is 84.9 Å². The lowest BCUT2D eigenvalue weighted by Crippen LogP contribution is -2.49. The third kappa shape index (κ3) is 3.12. The van der Waals surface area contributed by atoms with Gasteiger partial charge in [-0.15, -0.1) is 0 Å². The Morgan fingerprint density at radius 3 is 2.20 bits per heavy atom. The highest BCUT2D eigenvalue weighted by atomic mass is 16.5. The van der Waals surface area contributed by atoms with E-state index >= 15 is 0 Å². The van der Waals surface area contributed by atoms with Crippen LogP contribution in [0.25, 0.3) is 0 Å². The molecule has 1 unspecified atom stereocenters. The third-order valence-corrected chi connectivity index (χ3v) is 3.98. The van der Waals surface area contributed by atoms with Gasteiger partial charge in [0, 0.05) is 0 Å². The van der Waals surface area contributed by atoms with Crippen molar-refractivity contribution < 1.29 is 24.2 Å². The Morgan fingerprint density at radius 2 is 1.75 bits per heavy atom. The Hall–Kier alpha value is -1.14. The first kappa shape index (κ1) is 15.3. The maximum atomic E-state index is 12.2. The van der Waals surface area contributed by atoms with Gasteiger partial charge in [0.25, 0.3) is 0 Å². The summed E-state index contributed by atoms with van der Waals surface area (Å²) in [6, 6.07) is -0.0996. The first-order valence-corrected chi connectivity index (χ1v) is 6.99. The summed E-state index contributed by atoms with van der Waals surface area (Å²) in [6.07, 6.45) is 0.00968. The van der Waals surface area contributed by atoms with Crippen LogP contribution in [0.4, 0.5) is 0 Å². The van der Waals surface area contributed by atoms with Crippen LogP contribution in [0.3, 0.4) is 0 Å². The summed E-state index contributed by atoms with van der Waals surface area (Å²) in [5.74, 6) is -1.25. The van der Waals surface area contributed by atoms with Crippen LogP contribution in [0.5, 0.6) is 0 Å². The van der Waals surface area contributed by atoms with Gasteiger partial charge in [0.05, 0.1) is 17.2 Å². The van der Waals surface area contributed by atoms with Gasteiger partial charge in [0.2, 0.25) is 5.91 Å². The van der Waals surface area contributed by atoms with Crippen LogP contribution in [0.1, 0.15) is 47.0 Å².